The van der Waals surface area contributed by atoms with Crippen molar-refractivity contribution in [3.63, 3.8) is 0 Å². The van der Waals surface area contributed by atoms with E-state index in [1.165, 1.54) is 5.56 Å². The van der Waals surface area contributed by atoms with Crippen LogP contribution in [-0.4, -0.2) is 12.5 Å². The Balaban J connectivity index is 1.95. The van der Waals surface area contributed by atoms with Gasteiger partial charge in [-0.3, -0.25) is 4.79 Å². The molecule has 21 heavy (non-hydrogen) atoms. The summed E-state index contributed by atoms with van der Waals surface area (Å²) >= 11 is 0. The van der Waals surface area contributed by atoms with Crippen LogP contribution >= 0.6 is 0 Å². The van der Waals surface area contributed by atoms with Gasteiger partial charge >= 0.3 is 0 Å². The van der Waals surface area contributed by atoms with E-state index in [0.29, 0.717) is 0 Å². The van der Waals surface area contributed by atoms with Crippen molar-refractivity contribution < 1.29 is 9.53 Å². The number of benzene rings is 2. The van der Waals surface area contributed by atoms with Gasteiger partial charge in [0.1, 0.15) is 5.75 Å². The molecule has 0 aliphatic heterocycles. The predicted molar refractivity (Wildman–Crippen MR) is 86.0 cm³/mol. The number of ether oxygens (including phenoxy) is 1. The summed E-state index contributed by atoms with van der Waals surface area (Å²) in [6.45, 7) is 8.04. The number of carbonyl (C=O) groups excluding carboxylic acids is 1. The third-order valence-corrected chi connectivity index (χ3v) is 3.22. The van der Waals surface area contributed by atoms with Crippen molar-refractivity contribution >= 4 is 11.6 Å². The fraction of sp³-hybridized carbons (Fsp3) is 0.278. The molecule has 0 bridgehead atoms. The second kappa shape index (κ2) is 6.44. The summed E-state index contributed by atoms with van der Waals surface area (Å²) in [6, 6.07) is 11.9. The fourth-order valence-electron chi connectivity index (χ4n) is 2.31. The molecule has 1 amide bonds. The zero-order valence-electron chi connectivity index (χ0n) is 13.0. The molecule has 2 rings (SSSR count). The van der Waals surface area contributed by atoms with E-state index < -0.39 is 0 Å². The lowest BCUT2D eigenvalue weighted by Crippen LogP contribution is -2.20. The topological polar surface area (TPSA) is 38.3 Å². The highest BCUT2D eigenvalue weighted by molar-refractivity contribution is 5.92. The quantitative estimate of drug-likeness (QED) is 0.923. The van der Waals surface area contributed by atoms with Crippen molar-refractivity contribution in [2.24, 2.45) is 0 Å². The van der Waals surface area contributed by atoms with E-state index in [1.54, 1.807) is 0 Å². The first kappa shape index (κ1) is 15.1. The Labute approximate surface area is 126 Å². The van der Waals surface area contributed by atoms with Crippen LogP contribution < -0.4 is 10.1 Å². The lowest BCUT2D eigenvalue weighted by Gasteiger charge is -2.11. The van der Waals surface area contributed by atoms with Crippen LogP contribution in [0.2, 0.25) is 0 Å². The summed E-state index contributed by atoms with van der Waals surface area (Å²) in [4.78, 5) is 12.0. The van der Waals surface area contributed by atoms with Crippen LogP contribution in [0.25, 0.3) is 0 Å². The van der Waals surface area contributed by atoms with Gasteiger partial charge in [-0.2, -0.15) is 0 Å². The second-order valence-electron chi connectivity index (χ2n) is 5.48. The first-order valence-corrected chi connectivity index (χ1v) is 7.02. The van der Waals surface area contributed by atoms with Gasteiger partial charge in [-0.05, 0) is 62.6 Å². The van der Waals surface area contributed by atoms with E-state index in [2.05, 4.69) is 11.4 Å². The number of nitrogens with one attached hydrogen (secondary N) is 1. The van der Waals surface area contributed by atoms with Crippen LogP contribution in [0.4, 0.5) is 5.69 Å². The number of hydrogen-bond acceptors (Lipinski definition) is 2. The van der Waals surface area contributed by atoms with Gasteiger partial charge in [-0.25, -0.2) is 0 Å². The Morgan fingerprint density at radius 3 is 2.24 bits per heavy atom. The van der Waals surface area contributed by atoms with Crippen LogP contribution in [0.5, 0.6) is 5.75 Å². The maximum Gasteiger partial charge on any atom is 0.262 e. The van der Waals surface area contributed by atoms with E-state index in [0.717, 1.165) is 28.1 Å². The fourth-order valence-corrected chi connectivity index (χ4v) is 2.31. The third kappa shape index (κ3) is 4.35. The molecule has 1 N–H and O–H groups in total. The first-order valence-electron chi connectivity index (χ1n) is 7.02. The van der Waals surface area contributed by atoms with Gasteiger partial charge < -0.3 is 10.1 Å². The van der Waals surface area contributed by atoms with Crippen molar-refractivity contribution in [2.75, 3.05) is 11.9 Å². The van der Waals surface area contributed by atoms with Crippen molar-refractivity contribution in [1.82, 2.24) is 0 Å². The zero-order valence-corrected chi connectivity index (χ0v) is 13.0. The molecule has 0 fully saturated rings. The molecular weight excluding hydrogens is 262 g/mol. The minimum absolute atomic E-state index is 0.0101. The van der Waals surface area contributed by atoms with Gasteiger partial charge in [-0.15, -0.1) is 0 Å². The second-order valence-corrected chi connectivity index (χ2v) is 5.48. The van der Waals surface area contributed by atoms with Gasteiger partial charge in [0.2, 0.25) is 0 Å². The third-order valence-electron chi connectivity index (χ3n) is 3.22. The van der Waals surface area contributed by atoms with E-state index >= 15 is 0 Å². The van der Waals surface area contributed by atoms with Crippen molar-refractivity contribution in [3.8, 4) is 5.75 Å². The molecule has 0 aliphatic rings. The molecule has 3 heteroatoms. The van der Waals surface area contributed by atoms with Crippen molar-refractivity contribution in [1.29, 1.82) is 0 Å². The van der Waals surface area contributed by atoms with Crippen LogP contribution in [0.15, 0.2) is 36.4 Å². The Morgan fingerprint density at radius 1 is 0.952 bits per heavy atom. The molecule has 0 saturated heterocycles. The average Bonchev–Trinajstić information content (AvgIpc) is 2.39. The van der Waals surface area contributed by atoms with E-state index in [-0.39, 0.29) is 12.5 Å². The van der Waals surface area contributed by atoms with Crippen molar-refractivity contribution in [3.05, 3.63) is 58.7 Å². The van der Waals surface area contributed by atoms with Crippen molar-refractivity contribution in [2.45, 2.75) is 27.7 Å². The van der Waals surface area contributed by atoms with Crippen LogP contribution in [0.1, 0.15) is 22.3 Å². The molecule has 0 radical (unpaired) electrons. The lowest BCUT2D eigenvalue weighted by atomic mass is 10.1. The van der Waals surface area contributed by atoms with Gasteiger partial charge in [0.15, 0.2) is 6.61 Å². The molecule has 0 saturated carbocycles. The number of hydrogen-bond donors (Lipinski definition) is 1. The zero-order chi connectivity index (χ0) is 15.4. The molecule has 0 unspecified atom stereocenters. The summed E-state index contributed by atoms with van der Waals surface area (Å²) < 4.78 is 5.55. The monoisotopic (exact) mass is 283 g/mol. The SMILES string of the molecule is Cc1cc(C)cc(OCC(=O)Nc2ccc(C)cc2C)c1. The smallest absolute Gasteiger partial charge is 0.262 e. The molecule has 0 atom stereocenters. The molecule has 2 aromatic rings. The highest BCUT2D eigenvalue weighted by Gasteiger charge is 2.06. The Morgan fingerprint density at radius 2 is 1.62 bits per heavy atom. The van der Waals surface area contributed by atoms with E-state index in [4.69, 9.17) is 4.74 Å². The van der Waals surface area contributed by atoms with Gasteiger partial charge in [0.25, 0.3) is 5.91 Å². The molecule has 0 heterocycles. The molecular formula is C18H21NO2. The number of aryl methyl sites for hydroxylation is 4. The first-order chi connectivity index (χ1) is 9.94. The maximum absolute atomic E-state index is 12.0. The molecule has 3 nitrogen and oxygen atoms in total. The predicted octanol–water partition coefficient (Wildman–Crippen LogP) is 3.94. The number of anilines is 1. The molecule has 2 aromatic carbocycles. The lowest BCUT2D eigenvalue weighted by molar-refractivity contribution is -0.118. The summed E-state index contributed by atoms with van der Waals surface area (Å²) in [5.74, 6) is 0.574. The Bertz CT molecular complexity index is 642. The average molecular weight is 283 g/mol. The minimum atomic E-state index is -0.152. The van der Waals surface area contributed by atoms with Crippen LogP contribution in [-0.2, 0) is 4.79 Å². The summed E-state index contributed by atoms with van der Waals surface area (Å²) in [6.07, 6.45) is 0. The number of carbonyl (C=O) groups is 1. The molecule has 110 valence electrons. The van der Waals surface area contributed by atoms with E-state index in [1.807, 2.05) is 58.0 Å². The highest BCUT2D eigenvalue weighted by Crippen LogP contribution is 2.17. The minimum Gasteiger partial charge on any atom is -0.484 e. The largest absolute Gasteiger partial charge is 0.484 e. The Hall–Kier alpha value is -2.29. The Kier molecular flexibility index (Phi) is 4.63. The molecule has 0 aromatic heterocycles. The normalized spacial score (nSPS) is 10.3. The number of rotatable bonds is 4. The standard InChI is InChI=1S/C18H21NO2/c1-12-5-6-17(15(4)8-12)19-18(20)11-21-16-9-13(2)7-14(3)10-16/h5-10H,11H2,1-4H3,(H,19,20). The molecule has 0 aliphatic carbocycles. The summed E-state index contributed by atoms with van der Waals surface area (Å²) in [5.41, 5.74) is 5.31. The van der Waals surface area contributed by atoms with Crippen LogP contribution in [0, 0.1) is 27.7 Å². The summed E-state index contributed by atoms with van der Waals surface area (Å²) in [7, 11) is 0. The van der Waals surface area contributed by atoms with Gasteiger partial charge in [0, 0.05) is 5.69 Å². The van der Waals surface area contributed by atoms with Crippen LogP contribution in [0.3, 0.4) is 0 Å². The highest BCUT2D eigenvalue weighted by atomic mass is 16.5. The molecule has 0 spiro atoms. The van der Waals surface area contributed by atoms with Gasteiger partial charge in [0.05, 0.1) is 0 Å². The maximum atomic E-state index is 12.0. The summed E-state index contributed by atoms with van der Waals surface area (Å²) in [5, 5.41) is 2.87. The van der Waals surface area contributed by atoms with E-state index in [9.17, 15) is 4.79 Å². The van der Waals surface area contributed by atoms with Gasteiger partial charge in [-0.1, -0.05) is 23.8 Å². The number of amides is 1.